The minimum atomic E-state index is -1.28. The minimum absolute atomic E-state index is 0.282. The molecule has 1 saturated carbocycles. The Balaban J connectivity index is 1.70. The summed E-state index contributed by atoms with van der Waals surface area (Å²) in [6, 6.07) is 11.2. The van der Waals surface area contributed by atoms with Gasteiger partial charge in [-0.2, -0.15) is 0 Å². The Morgan fingerprint density at radius 2 is 1.56 bits per heavy atom. The van der Waals surface area contributed by atoms with E-state index in [4.69, 9.17) is 0 Å². The summed E-state index contributed by atoms with van der Waals surface area (Å²) in [4.78, 5) is 0. The fourth-order valence-electron chi connectivity index (χ4n) is 4.08. The largest absolute Gasteiger partial charge is 0.383 e. The van der Waals surface area contributed by atoms with Gasteiger partial charge in [0, 0.05) is 0 Å². The van der Waals surface area contributed by atoms with E-state index in [9.17, 15) is 13.9 Å². The second-order valence-corrected chi connectivity index (χ2v) is 7.21. The van der Waals surface area contributed by atoms with Crippen molar-refractivity contribution in [2.75, 3.05) is 0 Å². The summed E-state index contributed by atoms with van der Waals surface area (Å²) in [5.74, 6) is -0.00693. The number of hydrogen-bond donors (Lipinski definition) is 1. The molecule has 0 saturated heterocycles. The van der Waals surface area contributed by atoms with E-state index in [0.29, 0.717) is 11.5 Å². The molecule has 25 heavy (non-hydrogen) atoms. The Kier molecular flexibility index (Phi) is 5.85. The fourth-order valence-corrected chi connectivity index (χ4v) is 4.08. The first-order valence-corrected chi connectivity index (χ1v) is 9.32. The molecule has 0 bridgehead atoms. The highest BCUT2D eigenvalue weighted by atomic mass is 19.1. The molecular weight excluding hydrogens is 318 g/mol. The van der Waals surface area contributed by atoms with E-state index in [1.807, 2.05) is 12.1 Å². The third-order valence-corrected chi connectivity index (χ3v) is 5.54. The Morgan fingerprint density at radius 3 is 2.12 bits per heavy atom. The number of aliphatic hydroxyl groups is 1. The second kappa shape index (κ2) is 8.09. The van der Waals surface area contributed by atoms with Gasteiger partial charge in [0.2, 0.25) is 0 Å². The van der Waals surface area contributed by atoms with Gasteiger partial charge in [-0.3, -0.25) is 0 Å². The Bertz CT molecular complexity index is 667. The fraction of sp³-hybridized carbons (Fsp3) is 0.455. The lowest BCUT2D eigenvalue weighted by atomic mass is 9.77. The van der Waals surface area contributed by atoms with Crippen molar-refractivity contribution in [1.82, 2.24) is 0 Å². The van der Waals surface area contributed by atoms with Crippen molar-refractivity contribution in [2.24, 2.45) is 5.92 Å². The summed E-state index contributed by atoms with van der Waals surface area (Å²) in [5, 5.41) is 10.4. The summed E-state index contributed by atoms with van der Waals surface area (Å²) >= 11 is 0. The summed E-state index contributed by atoms with van der Waals surface area (Å²) in [6.45, 7) is 2.24. The lowest BCUT2D eigenvalue weighted by molar-refractivity contribution is 0.209. The predicted octanol–water partition coefficient (Wildman–Crippen LogP) is 6.12. The van der Waals surface area contributed by atoms with Crippen molar-refractivity contribution in [2.45, 2.75) is 57.5 Å². The topological polar surface area (TPSA) is 20.2 Å². The first-order chi connectivity index (χ1) is 12.1. The van der Waals surface area contributed by atoms with E-state index in [2.05, 4.69) is 6.92 Å². The van der Waals surface area contributed by atoms with Crippen LogP contribution in [0, 0.1) is 17.6 Å². The normalized spacial score (nSPS) is 21.9. The van der Waals surface area contributed by atoms with Crippen molar-refractivity contribution in [3.63, 3.8) is 0 Å². The van der Waals surface area contributed by atoms with E-state index in [1.165, 1.54) is 62.3 Å². The van der Waals surface area contributed by atoms with Gasteiger partial charge in [-0.15, -0.1) is 0 Å². The van der Waals surface area contributed by atoms with Crippen LogP contribution in [0.3, 0.4) is 0 Å². The van der Waals surface area contributed by atoms with Crippen molar-refractivity contribution in [3.8, 4) is 0 Å². The first kappa shape index (κ1) is 18.1. The van der Waals surface area contributed by atoms with E-state index in [-0.39, 0.29) is 5.56 Å². The van der Waals surface area contributed by atoms with Crippen LogP contribution in [0.2, 0.25) is 0 Å². The van der Waals surface area contributed by atoms with Crippen molar-refractivity contribution in [3.05, 3.63) is 70.8 Å². The molecule has 3 heteroatoms. The summed E-state index contributed by atoms with van der Waals surface area (Å²) in [6.07, 6.45) is 6.27. The van der Waals surface area contributed by atoms with Gasteiger partial charge in [-0.05, 0) is 60.8 Å². The molecule has 1 fully saturated rings. The quantitative estimate of drug-likeness (QED) is 0.693. The monoisotopic (exact) mass is 344 g/mol. The third kappa shape index (κ3) is 4.09. The Morgan fingerprint density at radius 1 is 0.960 bits per heavy atom. The number of halogens is 2. The van der Waals surface area contributed by atoms with Crippen molar-refractivity contribution in [1.29, 1.82) is 0 Å². The molecule has 0 spiro atoms. The molecule has 0 aromatic heterocycles. The number of hydrogen-bond acceptors (Lipinski definition) is 1. The van der Waals surface area contributed by atoms with Gasteiger partial charge in [0.1, 0.15) is 17.7 Å². The lowest BCUT2D eigenvalue weighted by Crippen LogP contribution is -2.13. The predicted molar refractivity (Wildman–Crippen MR) is 96.5 cm³/mol. The second-order valence-electron chi connectivity index (χ2n) is 7.21. The van der Waals surface area contributed by atoms with Crippen LogP contribution in [0.1, 0.15) is 74.2 Å². The average Bonchev–Trinajstić information content (AvgIpc) is 2.62. The van der Waals surface area contributed by atoms with E-state index in [1.54, 1.807) is 12.1 Å². The zero-order chi connectivity index (χ0) is 17.8. The van der Waals surface area contributed by atoms with E-state index in [0.717, 1.165) is 5.92 Å². The zero-order valence-electron chi connectivity index (χ0n) is 14.7. The van der Waals surface area contributed by atoms with Crippen LogP contribution in [0.15, 0.2) is 42.5 Å². The maximum absolute atomic E-state index is 13.9. The van der Waals surface area contributed by atoms with Crippen LogP contribution in [0.4, 0.5) is 8.78 Å². The van der Waals surface area contributed by atoms with Crippen LogP contribution in [-0.2, 0) is 0 Å². The van der Waals surface area contributed by atoms with E-state index < -0.39 is 17.7 Å². The minimum Gasteiger partial charge on any atom is -0.383 e. The summed E-state index contributed by atoms with van der Waals surface area (Å²) in [7, 11) is 0. The lowest BCUT2D eigenvalue weighted by Gasteiger charge is -2.28. The highest BCUT2D eigenvalue weighted by Gasteiger charge is 2.23. The molecule has 134 valence electrons. The number of benzene rings is 2. The van der Waals surface area contributed by atoms with Gasteiger partial charge in [0.25, 0.3) is 0 Å². The Hall–Kier alpha value is -1.74. The number of aliphatic hydroxyl groups excluding tert-OH is 1. The highest BCUT2D eigenvalue weighted by Crippen LogP contribution is 2.38. The van der Waals surface area contributed by atoms with Gasteiger partial charge in [0.05, 0.1) is 5.56 Å². The smallest absolute Gasteiger partial charge is 0.132 e. The maximum atomic E-state index is 13.9. The highest BCUT2D eigenvalue weighted by molar-refractivity contribution is 5.34. The molecule has 1 N–H and O–H groups in total. The maximum Gasteiger partial charge on any atom is 0.132 e. The Labute approximate surface area is 148 Å². The molecule has 1 unspecified atom stereocenters. The molecule has 2 aromatic rings. The molecule has 1 aliphatic carbocycles. The van der Waals surface area contributed by atoms with Crippen molar-refractivity contribution < 1.29 is 13.9 Å². The first-order valence-electron chi connectivity index (χ1n) is 9.32. The molecule has 1 aliphatic rings. The van der Waals surface area contributed by atoms with Gasteiger partial charge < -0.3 is 5.11 Å². The van der Waals surface area contributed by atoms with Gasteiger partial charge in [-0.1, -0.05) is 50.1 Å². The van der Waals surface area contributed by atoms with Crippen LogP contribution in [-0.4, -0.2) is 5.11 Å². The molecule has 1 nitrogen and oxygen atoms in total. The summed E-state index contributed by atoms with van der Waals surface area (Å²) in [5.41, 5.74) is 1.50. The standard InChI is InChI=1S/C22H26F2O/c1-2-4-15-7-9-16(10-8-15)17-11-13-18(14-12-17)22(25)21-19(23)5-3-6-20(21)24/h3,5-6,11-16,22,25H,2,4,7-10H2,1H3. The molecule has 0 amide bonds. The molecular formula is C22H26F2O. The number of rotatable bonds is 5. The van der Waals surface area contributed by atoms with Crippen LogP contribution < -0.4 is 0 Å². The van der Waals surface area contributed by atoms with Crippen LogP contribution in [0.5, 0.6) is 0 Å². The van der Waals surface area contributed by atoms with Gasteiger partial charge in [-0.25, -0.2) is 8.78 Å². The molecule has 0 heterocycles. The zero-order valence-corrected chi connectivity index (χ0v) is 14.7. The molecule has 2 aromatic carbocycles. The van der Waals surface area contributed by atoms with Gasteiger partial charge >= 0.3 is 0 Å². The third-order valence-electron chi connectivity index (χ3n) is 5.54. The van der Waals surface area contributed by atoms with Crippen molar-refractivity contribution >= 4 is 0 Å². The van der Waals surface area contributed by atoms with Gasteiger partial charge in [0.15, 0.2) is 0 Å². The summed E-state index contributed by atoms with van der Waals surface area (Å²) < 4.78 is 27.7. The molecule has 1 atom stereocenters. The van der Waals surface area contributed by atoms with Crippen LogP contribution >= 0.6 is 0 Å². The SMILES string of the molecule is CCCC1CCC(c2ccc(C(O)c3c(F)cccc3F)cc2)CC1. The average molecular weight is 344 g/mol. The van der Waals surface area contributed by atoms with Crippen LogP contribution in [0.25, 0.3) is 0 Å². The molecule has 0 radical (unpaired) electrons. The molecule has 3 rings (SSSR count). The molecule has 0 aliphatic heterocycles. The van der Waals surface area contributed by atoms with E-state index >= 15 is 0 Å².